The van der Waals surface area contributed by atoms with Crippen molar-refractivity contribution in [3.05, 3.63) is 70.2 Å². The van der Waals surface area contributed by atoms with Crippen molar-refractivity contribution in [2.45, 2.75) is 6.54 Å². The minimum Gasteiger partial charge on any atom is -0.464 e. The fraction of sp³-hybridized carbons (Fsp3) is 0.0667. The first-order valence-electron chi connectivity index (χ1n) is 6.28. The Labute approximate surface area is 119 Å². The van der Waals surface area contributed by atoms with Crippen molar-refractivity contribution in [1.82, 2.24) is 0 Å². The molecule has 0 spiro atoms. The second-order valence-electron chi connectivity index (χ2n) is 4.53. The molecule has 0 atom stereocenters. The maximum atomic E-state index is 13.3. The number of hydrogen-bond acceptors (Lipinski definition) is 4. The number of rotatable bonds is 4. The number of anilines is 1. The summed E-state index contributed by atoms with van der Waals surface area (Å²) in [5, 5.41) is 14.7. The van der Waals surface area contributed by atoms with Crippen molar-refractivity contribution in [1.29, 1.82) is 0 Å². The first kappa shape index (κ1) is 13.1. The Morgan fingerprint density at radius 3 is 2.86 bits per heavy atom. The second kappa shape index (κ2) is 5.24. The summed E-state index contributed by atoms with van der Waals surface area (Å²) < 4.78 is 18.7. The number of para-hydroxylation sites is 1. The van der Waals surface area contributed by atoms with Gasteiger partial charge in [0.15, 0.2) is 0 Å². The Morgan fingerprint density at radius 1 is 1.24 bits per heavy atom. The quantitative estimate of drug-likeness (QED) is 0.579. The van der Waals surface area contributed by atoms with Crippen molar-refractivity contribution >= 4 is 22.3 Å². The minimum absolute atomic E-state index is 0.430. The molecule has 0 bridgehead atoms. The van der Waals surface area contributed by atoms with E-state index in [-0.39, 0.29) is 0 Å². The lowest BCUT2D eigenvalue weighted by atomic mass is 10.1. The molecule has 0 amide bonds. The van der Waals surface area contributed by atoms with Gasteiger partial charge in [0.05, 0.1) is 11.2 Å². The summed E-state index contributed by atoms with van der Waals surface area (Å²) in [5.41, 5.74) is 1.64. The molecule has 5 nitrogen and oxygen atoms in total. The molecule has 0 aliphatic heterocycles. The zero-order valence-electron chi connectivity index (χ0n) is 10.9. The molecule has 0 aliphatic carbocycles. The Hall–Kier alpha value is -2.89. The van der Waals surface area contributed by atoms with Crippen molar-refractivity contribution in [3.63, 3.8) is 0 Å². The van der Waals surface area contributed by atoms with Crippen LogP contribution < -0.4 is 5.32 Å². The van der Waals surface area contributed by atoms with E-state index in [1.165, 1.54) is 12.1 Å². The summed E-state index contributed by atoms with van der Waals surface area (Å²) in [4.78, 5) is 9.96. The highest BCUT2D eigenvalue weighted by Crippen LogP contribution is 2.24. The monoisotopic (exact) mass is 286 g/mol. The van der Waals surface area contributed by atoms with Crippen LogP contribution in [0, 0.1) is 15.9 Å². The fourth-order valence-corrected chi connectivity index (χ4v) is 2.13. The number of benzene rings is 2. The van der Waals surface area contributed by atoms with Gasteiger partial charge in [-0.15, -0.1) is 0 Å². The highest BCUT2D eigenvalue weighted by atomic mass is 19.1. The van der Waals surface area contributed by atoms with Gasteiger partial charge in [-0.3, -0.25) is 10.1 Å². The van der Waals surface area contributed by atoms with Crippen LogP contribution in [0.4, 0.5) is 15.8 Å². The molecule has 3 aromatic rings. The Bertz CT molecular complexity index is 814. The summed E-state index contributed by atoms with van der Waals surface area (Å²) in [7, 11) is 0. The number of nitrogens with one attached hydrogen (secondary N) is 1. The molecule has 0 fully saturated rings. The van der Waals surface area contributed by atoms with Crippen LogP contribution in [0.25, 0.3) is 11.0 Å². The minimum atomic E-state index is -0.848. The zero-order valence-corrected chi connectivity index (χ0v) is 10.9. The molecule has 0 radical (unpaired) electrons. The van der Waals surface area contributed by atoms with Crippen LogP contribution in [0.15, 0.2) is 53.1 Å². The van der Waals surface area contributed by atoms with E-state index in [1.807, 2.05) is 24.3 Å². The SMILES string of the molecule is O=[N+]([O-])c1cc(NCc2coc3ccccc23)ccc1F. The number of halogens is 1. The van der Waals surface area contributed by atoms with Gasteiger partial charge in [0, 0.05) is 29.2 Å². The van der Waals surface area contributed by atoms with Crippen LogP contribution in [0.2, 0.25) is 0 Å². The molecule has 1 N–H and O–H groups in total. The molecule has 1 heterocycles. The number of nitro groups is 1. The molecule has 2 aromatic carbocycles. The van der Waals surface area contributed by atoms with Gasteiger partial charge in [0.25, 0.3) is 0 Å². The summed E-state index contributed by atoms with van der Waals surface area (Å²) in [5.74, 6) is -0.848. The maximum absolute atomic E-state index is 13.3. The van der Waals surface area contributed by atoms with Gasteiger partial charge in [-0.1, -0.05) is 18.2 Å². The fourth-order valence-electron chi connectivity index (χ4n) is 2.13. The van der Waals surface area contributed by atoms with Crippen LogP contribution in [0.1, 0.15) is 5.56 Å². The third-order valence-electron chi connectivity index (χ3n) is 3.19. The number of hydrogen-bond donors (Lipinski definition) is 1. The van der Waals surface area contributed by atoms with E-state index in [0.29, 0.717) is 12.2 Å². The van der Waals surface area contributed by atoms with E-state index >= 15 is 0 Å². The van der Waals surface area contributed by atoms with Crippen LogP contribution in [0.5, 0.6) is 0 Å². The van der Waals surface area contributed by atoms with E-state index in [1.54, 1.807) is 6.26 Å². The first-order valence-corrected chi connectivity index (χ1v) is 6.28. The molecule has 0 aliphatic rings. The summed E-state index contributed by atoms with van der Waals surface area (Å²) in [6, 6.07) is 11.3. The van der Waals surface area contributed by atoms with E-state index in [4.69, 9.17) is 4.42 Å². The van der Waals surface area contributed by atoms with E-state index < -0.39 is 16.4 Å². The smallest absolute Gasteiger partial charge is 0.306 e. The topological polar surface area (TPSA) is 68.3 Å². The highest BCUT2D eigenvalue weighted by molar-refractivity contribution is 5.81. The Morgan fingerprint density at radius 2 is 2.05 bits per heavy atom. The molecular weight excluding hydrogens is 275 g/mol. The average molecular weight is 286 g/mol. The molecule has 6 heteroatoms. The zero-order chi connectivity index (χ0) is 14.8. The van der Waals surface area contributed by atoms with Gasteiger partial charge in [-0.05, 0) is 18.2 Å². The lowest BCUT2D eigenvalue weighted by Crippen LogP contribution is -2.00. The molecule has 106 valence electrons. The summed E-state index contributed by atoms with van der Waals surface area (Å²) in [6.07, 6.45) is 1.63. The van der Waals surface area contributed by atoms with Gasteiger partial charge < -0.3 is 9.73 Å². The third-order valence-corrected chi connectivity index (χ3v) is 3.19. The second-order valence-corrected chi connectivity index (χ2v) is 4.53. The highest BCUT2D eigenvalue weighted by Gasteiger charge is 2.14. The standard InChI is InChI=1S/C15H11FN2O3/c16-13-6-5-11(7-14(13)18(19)20)17-8-10-9-21-15-4-2-1-3-12(10)15/h1-7,9,17H,8H2. The molecule has 21 heavy (non-hydrogen) atoms. The van der Waals surface area contributed by atoms with E-state index in [9.17, 15) is 14.5 Å². The Kier molecular flexibility index (Phi) is 3.27. The summed E-state index contributed by atoms with van der Waals surface area (Å²) in [6.45, 7) is 0.430. The van der Waals surface area contributed by atoms with Gasteiger partial charge in [-0.2, -0.15) is 4.39 Å². The number of furan rings is 1. The normalized spacial score (nSPS) is 10.7. The number of fused-ring (bicyclic) bond motifs is 1. The van der Waals surface area contributed by atoms with E-state index in [2.05, 4.69) is 5.32 Å². The molecule has 3 rings (SSSR count). The molecule has 0 unspecified atom stereocenters. The van der Waals surface area contributed by atoms with Crippen molar-refractivity contribution in [3.8, 4) is 0 Å². The summed E-state index contributed by atoms with van der Waals surface area (Å²) >= 11 is 0. The molecule has 0 saturated carbocycles. The molecule has 0 saturated heterocycles. The van der Waals surface area contributed by atoms with Crippen molar-refractivity contribution in [2.24, 2.45) is 0 Å². The van der Waals surface area contributed by atoms with Gasteiger partial charge in [-0.25, -0.2) is 0 Å². The molecular formula is C15H11FN2O3. The third kappa shape index (κ3) is 2.55. The van der Waals surface area contributed by atoms with Crippen LogP contribution >= 0.6 is 0 Å². The Balaban J connectivity index is 1.82. The largest absolute Gasteiger partial charge is 0.464 e. The number of nitrogens with zero attached hydrogens (tertiary/aromatic N) is 1. The van der Waals surface area contributed by atoms with Crippen LogP contribution in [-0.4, -0.2) is 4.92 Å². The lowest BCUT2D eigenvalue weighted by Gasteiger charge is -2.05. The average Bonchev–Trinajstić information content (AvgIpc) is 2.89. The van der Waals surface area contributed by atoms with Gasteiger partial charge in [0.2, 0.25) is 5.82 Å². The predicted octanol–water partition coefficient (Wildman–Crippen LogP) is 4.09. The van der Waals surface area contributed by atoms with Crippen molar-refractivity contribution in [2.75, 3.05) is 5.32 Å². The van der Waals surface area contributed by atoms with E-state index in [0.717, 1.165) is 22.6 Å². The van der Waals surface area contributed by atoms with Gasteiger partial charge in [0.1, 0.15) is 5.58 Å². The number of nitro benzene ring substituents is 1. The maximum Gasteiger partial charge on any atom is 0.306 e. The van der Waals surface area contributed by atoms with Gasteiger partial charge >= 0.3 is 5.69 Å². The predicted molar refractivity (Wildman–Crippen MR) is 76.6 cm³/mol. The molecule has 1 aromatic heterocycles. The lowest BCUT2D eigenvalue weighted by molar-refractivity contribution is -0.387. The van der Waals surface area contributed by atoms with Crippen LogP contribution in [-0.2, 0) is 6.54 Å². The first-order chi connectivity index (χ1) is 10.1. The van der Waals surface area contributed by atoms with Crippen molar-refractivity contribution < 1.29 is 13.7 Å². The van der Waals surface area contributed by atoms with Crippen LogP contribution in [0.3, 0.4) is 0 Å².